The molecule has 124 valence electrons. The molecule has 0 radical (unpaired) electrons. The number of rotatable bonds is 3. The average molecular weight is 328 g/mol. The zero-order chi connectivity index (χ0) is 17.3. The van der Waals surface area contributed by atoms with Gasteiger partial charge in [0.1, 0.15) is 5.60 Å². The summed E-state index contributed by atoms with van der Waals surface area (Å²) >= 11 is 0. The molecular weight excluding hydrogens is 308 g/mol. The lowest BCUT2D eigenvalue weighted by Gasteiger charge is -2.28. The molecule has 2 unspecified atom stereocenters. The number of hydrogen-bond donors (Lipinski definition) is 2. The van der Waals surface area contributed by atoms with Gasteiger partial charge in [0, 0.05) is 12.0 Å². The van der Waals surface area contributed by atoms with Crippen LogP contribution in [0.3, 0.4) is 0 Å². The minimum absolute atomic E-state index is 0.255. The maximum Gasteiger partial charge on any atom is 0.118 e. The lowest BCUT2D eigenvalue weighted by molar-refractivity contribution is 0.0640. The van der Waals surface area contributed by atoms with E-state index in [-0.39, 0.29) is 6.42 Å². The molecule has 4 rings (SSSR count). The van der Waals surface area contributed by atoms with E-state index in [2.05, 4.69) is 0 Å². The van der Waals surface area contributed by atoms with Gasteiger partial charge in [0.15, 0.2) is 0 Å². The highest BCUT2D eigenvalue weighted by atomic mass is 16.3. The molecule has 0 aliphatic heterocycles. The van der Waals surface area contributed by atoms with Gasteiger partial charge in [-0.15, -0.1) is 0 Å². The first-order valence-corrected chi connectivity index (χ1v) is 8.51. The van der Waals surface area contributed by atoms with Crippen molar-refractivity contribution in [2.75, 3.05) is 0 Å². The molecule has 0 saturated heterocycles. The Morgan fingerprint density at radius 2 is 1.16 bits per heavy atom. The quantitative estimate of drug-likeness (QED) is 0.754. The predicted molar refractivity (Wildman–Crippen MR) is 101 cm³/mol. The molecule has 0 heterocycles. The van der Waals surface area contributed by atoms with Crippen LogP contribution >= 0.6 is 0 Å². The third kappa shape index (κ3) is 2.70. The summed E-state index contributed by atoms with van der Waals surface area (Å²) in [5.74, 6) is 0. The van der Waals surface area contributed by atoms with Gasteiger partial charge in [0.25, 0.3) is 0 Å². The van der Waals surface area contributed by atoms with Gasteiger partial charge in [-0.3, -0.25) is 0 Å². The second-order valence-corrected chi connectivity index (χ2v) is 6.47. The summed E-state index contributed by atoms with van der Waals surface area (Å²) in [7, 11) is 0. The van der Waals surface area contributed by atoms with Crippen LogP contribution < -0.4 is 0 Å². The van der Waals surface area contributed by atoms with Gasteiger partial charge in [0.2, 0.25) is 0 Å². The lowest BCUT2D eigenvalue weighted by Crippen LogP contribution is -2.26. The fourth-order valence-electron chi connectivity index (χ4n) is 3.80. The molecule has 1 aliphatic rings. The van der Waals surface area contributed by atoms with E-state index in [9.17, 15) is 10.2 Å². The first kappa shape index (κ1) is 15.8. The van der Waals surface area contributed by atoms with Gasteiger partial charge in [-0.05, 0) is 22.3 Å². The van der Waals surface area contributed by atoms with E-state index in [1.807, 2.05) is 91.0 Å². The lowest BCUT2D eigenvalue weighted by atomic mass is 9.82. The fraction of sp³-hybridized carbons (Fsp3) is 0.130. The summed E-state index contributed by atoms with van der Waals surface area (Å²) in [6.07, 6.45) is -0.464. The molecule has 25 heavy (non-hydrogen) atoms. The second kappa shape index (κ2) is 6.32. The van der Waals surface area contributed by atoms with Crippen LogP contribution in [0.2, 0.25) is 0 Å². The Balaban J connectivity index is 2.00. The number of benzene rings is 3. The van der Waals surface area contributed by atoms with Gasteiger partial charge in [-0.25, -0.2) is 0 Å². The largest absolute Gasteiger partial charge is 0.388 e. The van der Waals surface area contributed by atoms with Gasteiger partial charge in [0.05, 0.1) is 6.10 Å². The van der Waals surface area contributed by atoms with Crippen LogP contribution in [0.15, 0.2) is 91.0 Å². The molecule has 3 aromatic rings. The van der Waals surface area contributed by atoms with Crippen molar-refractivity contribution in [1.82, 2.24) is 0 Å². The Hall–Kier alpha value is -2.68. The molecule has 2 N–H and O–H groups in total. The Bertz CT molecular complexity index is 885. The number of aliphatic hydroxyl groups excluding tert-OH is 1. The second-order valence-electron chi connectivity index (χ2n) is 6.47. The smallest absolute Gasteiger partial charge is 0.118 e. The highest BCUT2D eigenvalue weighted by molar-refractivity contribution is 5.99. The van der Waals surface area contributed by atoms with Crippen LogP contribution in [-0.4, -0.2) is 16.3 Å². The fourth-order valence-corrected chi connectivity index (χ4v) is 3.80. The van der Waals surface area contributed by atoms with Crippen molar-refractivity contribution in [2.45, 2.75) is 18.1 Å². The molecule has 0 aromatic heterocycles. The molecule has 2 atom stereocenters. The van der Waals surface area contributed by atoms with Crippen molar-refractivity contribution in [3.63, 3.8) is 0 Å². The van der Waals surface area contributed by atoms with Gasteiger partial charge >= 0.3 is 0 Å². The van der Waals surface area contributed by atoms with Crippen molar-refractivity contribution in [3.05, 3.63) is 108 Å². The summed E-state index contributed by atoms with van der Waals surface area (Å²) in [5.41, 5.74) is 3.06. The van der Waals surface area contributed by atoms with Crippen LogP contribution in [0.4, 0.5) is 0 Å². The topological polar surface area (TPSA) is 40.5 Å². The highest BCUT2D eigenvalue weighted by Crippen LogP contribution is 2.51. The predicted octanol–water partition coefficient (Wildman–Crippen LogP) is 4.25. The van der Waals surface area contributed by atoms with E-state index < -0.39 is 11.7 Å². The van der Waals surface area contributed by atoms with E-state index in [0.717, 1.165) is 27.8 Å². The SMILES string of the molecule is OC1CC(O)(c2ccccc2)C(c2ccccc2)=C1c1ccccc1. The third-order valence-corrected chi connectivity index (χ3v) is 4.90. The van der Waals surface area contributed by atoms with Gasteiger partial charge in [-0.1, -0.05) is 91.0 Å². The first-order chi connectivity index (χ1) is 12.2. The molecule has 0 bridgehead atoms. The van der Waals surface area contributed by atoms with Gasteiger partial charge in [-0.2, -0.15) is 0 Å². The summed E-state index contributed by atoms with van der Waals surface area (Å²) < 4.78 is 0. The molecule has 2 nitrogen and oxygen atoms in total. The normalized spacial score (nSPS) is 23.0. The minimum Gasteiger partial charge on any atom is -0.388 e. The van der Waals surface area contributed by atoms with Gasteiger partial charge < -0.3 is 10.2 Å². The van der Waals surface area contributed by atoms with Crippen molar-refractivity contribution in [3.8, 4) is 0 Å². The summed E-state index contributed by atoms with van der Waals surface area (Å²) in [6, 6.07) is 29.3. The summed E-state index contributed by atoms with van der Waals surface area (Å²) in [6.45, 7) is 0. The van der Waals surface area contributed by atoms with Crippen LogP contribution in [-0.2, 0) is 5.60 Å². The van der Waals surface area contributed by atoms with Crippen molar-refractivity contribution >= 4 is 11.1 Å². The van der Waals surface area contributed by atoms with Crippen molar-refractivity contribution in [1.29, 1.82) is 0 Å². The molecular formula is C23H20O2. The van der Waals surface area contributed by atoms with E-state index >= 15 is 0 Å². The maximum atomic E-state index is 11.7. The number of hydrogen-bond acceptors (Lipinski definition) is 2. The highest BCUT2D eigenvalue weighted by Gasteiger charge is 2.46. The molecule has 0 amide bonds. The molecule has 3 aromatic carbocycles. The van der Waals surface area contributed by atoms with Crippen molar-refractivity contribution < 1.29 is 10.2 Å². The zero-order valence-corrected chi connectivity index (χ0v) is 13.8. The Morgan fingerprint density at radius 1 is 0.680 bits per heavy atom. The van der Waals surface area contributed by atoms with Crippen LogP contribution in [0.25, 0.3) is 11.1 Å². The molecule has 0 saturated carbocycles. The third-order valence-electron chi connectivity index (χ3n) is 4.90. The minimum atomic E-state index is -1.22. The molecule has 1 aliphatic carbocycles. The average Bonchev–Trinajstić information content (AvgIpc) is 2.95. The van der Waals surface area contributed by atoms with Crippen LogP contribution in [0, 0.1) is 0 Å². The molecule has 0 spiro atoms. The van der Waals surface area contributed by atoms with E-state index in [4.69, 9.17) is 0 Å². The van der Waals surface area contributed by atoms with E-state index in [0.29, 0.717) is 0 Å². The number of aliphatic hydroxyl groups is 2. The summed E-state index contributed by atoms with van der Waals surface area (Å²) in [5, 5.41) is 22.5. The van der Waals surface area contributed by atoms with E-state index in [1.54, 1.807) is 0 Å². The van der Waals surface area contributed by atoms with E-state index in [1.165, 1.54) is 0 Å². The van der Waals surface area contributed by atoms with Crippen molar-refractivity contribution in [2.24, 2.45) is 0 Å². The Labute approximate surface area is 147 Å². The Kier molecular flexibility index (Phi) is 4.00. The standard InChI is InChI=1S/C23H20O2/c24-20-16-23(25,19-14-8-3-9-15-19)22(18-12-6-2-7-13-18)21(20)17-10-4-1-5-11-17/h1-15,20,24-25H,16H2. The maximum absolute atomic E-state index is 11.7. The first-order valence-electron chi connectivity index (χ1n) is 8.51. The monoisotopic (exact) mass is 328 g/mol. The zero-order valence-electron chi connectivity index (χ0n) is 13.8. The van der Waals surface area contributed by atoms with Crippen LogP contribution in [0.1, 0.15) is 23.1 Å². The summed E-state index contributed by atoms with van der Waals surface area (Å²) in [4.78, 5) is 0. The molecule has 0 fully saturated rings. The Morgan fingerprint density at radius 3 is 1.72 bits per heavy atom. The van der Waals surface area contributed by atoms with Crippen LogP contribution in [0.5, 0.6) is 0 Å². The molecule has 2 heteroatoms.